The Bertz CT molecular complexity index is 789. The number of rotatable bonds is 6. The van der Waals surface area contributed by atoms with Crippen LogP contribution in [0.1, 0.15) is 41.7 Å². The Kier molecular flexibility index (Phi) is 5.24. The zero-order valence-electron chi connectivity index (χ0n) is 13.8. The molecule has 0 saturated carbocycles. The van der Waals surface area contributed by atoms with Crippen LogP contribution in [0.25, 0.3) is 0 Å². The molecule has 1 amide bonds. The molecule has 0 aliphatic carbocycles. The van der Waals surface area contributed by atoms with E-state index in [4.69, 9.17) is 21.1 Å². The van der Waals surface area contributed by atoms with Gasteiger partial charge in [0, 0.05) is 23.4 Å². The van der Waals surface area contributed by atoms with E-state index in [-0.39, 0.29) is 37.4 Å². The highest BCUT2D eigenvalue weighted by Gasteiger charge is 2.17. The first-order valence-electron chi connectivity index (χ1n) is 8.00. The van der Waals surface area contributed by atoms with Crippen LogP contribution in [0, 0.1) is 0 Å². The van der Waals surface area contributed by atoms with Crippen molar-refractivity contribution in [3.63, 3.8) is 0 Å². The Balaban J connectivity index is 1.52. The standard InChI is InChI=1S/C19H18ClNO4/c1-12(14-4-8-17-18(10-14)25-11-24-17)21-19(23)9-7-16(22)13-2-5-15(20)6-3-13/h2-6,8,10,12H,7,9,11H2,1H3,(H,21,23)/t12-/m0/s1. The normalized spacial score (nSPS) is 13.4. The van der Waals surface area contributed by atoms with Gasteiger partial charge in [-0.25, -0.2) is 0 Å². The van der Waals surface area contributed by atoms with Crippen LogP contribution < -0.4 is 14.8 Å². The molecule has 0 fully saturated rings. The van der Waals surface area contributed by atoms with Crippen molar-refractivity contribution in [3.8, 4) is 11.5 Å². The maximum Gasteiger partial charge on any atom is 0.231 e. The molecule has 0 unspecified atom stereocenters. The fourth-order valence-corrected chi connectivity index (χ4v) is 2.71. The SMILES string of the molecule is C[C@H](NC(=O)CCC(=O)c1ccc(Cl)cc1)c1ccc2c(c1)OCO2. The Morgan fingerprint density at radius 3 is 2.56 bits per heavy atom. The number of hydrogen-bond acceptors (Lipinski definition) is 4. The second kappa shape index (κ2) is 7.57. The molecule has 1 aliphatic rings. The van der Waals surface area contributed by atoms with E-state index < -0.39 is 0 Å². The van der Waals surface area contributed by atoms with Gasteiger partial charge in [-0.3, -0.25) is 9.59 Å². The molecule has 2 aromatic carbocycles. The highest BCUT2D eigenvalue weighted by atomic mass is 35.5. The number of benzene rings is 2. The summed E-state index contributed by atoms with van der Waals surface area (Å²) >= 11 is 5.80. The summed E-state index contributed by atoms with van der Waals surface area (Å²) in [5.74, 6) is 1.13. The van der Waals surface area contributed by atoms with Gasteiger partial charge in [0.15, 0.2) is 17.3 Å². The van der Waals surface area contributed by atoms with Gasteiger partial charge >= 0.3 is 0 Å². The number of hydrogen-bond donors (Lipinski definition) is 1. The van der Waals surface area contributed by atoms with E-state index in [0.29, 0.717) is 22.1 Å². The topological polar surface area (TPSA) is 64.6 Å². The largest absolute Gasteiger partial charge is 0.454 e. The van der Waals surface area contributed by atoms with E-state index in [1.165, 1.54) is 0 Å². The smallest absolute Gasteiger partial charge is 0.231 e. The minimum absolute atomic E-state index is 0.0810. The van der Waals surface area contributed by atoms with Crippen molar-refractivity contribution in [3.05, 3.63) is 58.6 Å². The first-order chi connectivity index (χ1) is 12.0. The predicted octanol–water partition coefficient (Wildman–Crippen LogP) is 3.91. The van der Waals surface area contributed by atoms with Crippen LogP contribution >= 0.6 is 11.6 Å². The highest BCUT2D eigenvalue weighted by molar-refractivity contribution is 6.30. The number of amides is 1. The maximum absolute atomic E-state index is 12.1. The van der Waals surface area contributed by atoms with E-state index in [1.807, 2.05) is 25.1 Å². The molecule has 0 saturated heterocycles. The summed E-state index contributed by atoms with van der Waals surface area (Å²) in [7, 11) is 0. The van der Waals surface area contributed by atoms with Crippen LogP contribution in [0.4, 0.5) is 0 Å². The monoisotopic (exact) mass is 359 g/mol. The molecule has 130 valence electrons. The molecule has 1 aliphatic heterocycles. The van der Waals surface area contributed by atoms with Gasteiger partial charge in [0.25, 0.3) is 0 Å². The molecular weight excluding hydrogens is 342 g/mol. The molecule has 3 rings (SSSR count). The number of carbonyl (C=O) groups excluding carboxylic acids is 2. The fraction of sp³-hybridized carbons (Fsp3) is 0.263. The third-order valence-corrected chi connectivity index (χ3v) is 4.27. The number of ether oxygens (including phenoxy) is 2. The van der Waals surface area contributed by atoms with Crippen molar-refractivity contribution in [2.75, 3.05) is 6.79 Å². The lowest BCUT2D eigenvalue weighted by Gasteiger charge is -2.14. The lowest BCUT2D eigenvalue weighted by molar-refractivity contribution is -0.121. The molecular formula is C19H18ClNO4. The summed E-state index contributed by atoms with van der Waals surface area (Å²) in [6, 6.07) is 12.0. The molecule has 2 aromatic rings. The lowest BCUT2D eigenvalue weighted by Crippen LogP contribution is -2.26. The molecule has 6 heteroatoms. The Morgan fingerprint density at radius 2 is 1.80 bits per heavy atom. The number of ketones is 1. The Morgan fingerprint density at radius 1 is 1.08 bits per heavy atom. The van der Waals surface area contributed by atoms with Crippen molar-refractivity contribution in [1.82, 2.24) is 5.32 Å². The zero-order valence-corrected chi connectivity index (χ0v) is 14.5. The van der Waals surface area contributed by atoms with E-state index in [1.54, 1.807) is 24.3 Å². The van der Waals surface area contributed by atoms with Crippen LogP contribution in [0.5, 0.6) is 11.5 Å². The van der Waals surface area contributed by atoms with Crippen molar-refractivity contribution in [2.24, 2.45) is 0 Å². The van der Waals surface area contributed by atoms with Crippen molar-refractivity contribution in [2.45, 2.75) is 25.8 Å². The summed E-state index contributed by atoms with van der Waals surface area (Å²) in [5, 5.41) is 3.47. The molecule has 5 nitrogen and oxygen atoms in total. The summed E-state index contributed by atoms with van der Waals surface area (Å²) in [6.07, 6.45) is 0.289. The number of Topliss-reactive ketones (excluding diaryl/α,β-unsaturated/α-hetero) is 1. The van der Waals surface area contributed by atoms with Gasteiger partial charge in [-0.15, -0.1) is 0 Å². The van der Waals surface area contributed by atoms with Crippen molar-refractivity contribution >= 4 is 23.3 Å². The van der Waals surface area contributed by atoms with Gasteiger partial charge in [0.05, 0.1) is 6.04 Å². The zero-order chi connectivity index (χ0) is 17.8. The first kappa shape index (κ1) is 17.3. The lowest BCUT2D eigenvalue weighted by atomic mass is 10.1. The third kappa shape index (κ3) is 4.31. The molecule has 0 bridgehead atoms. The molecule has 25 heavy (non-hydrogen) atoms. The van der Waals surface area contributed by atoms with E-state index >= 15 is 0 Å². The molecule has 1 N–H and O–H groups in total. The van der Waals surface area contributed by atoms with Gasteiger partial charge in [0.1, 0.15) is 0 Å². The molecule has 1 heterocycles. The molecule has 0 spiro atoms. The van der Waals surface area contributed by atoms with Crippen LogP contribution in [-0.2, 0) is 4.79 Å². The molecule has 1 atom stereocenters. The second-order valence-corrected chi connectivity index (χ2v) is 6.27. The summed E-state index contributed by atoms with van der Waals surface area (Å²) in [5.41, 5.74) is 1.47. The van der Waals surface area contributed by atoms with Crippen LogP contribution in [-0.4, -0.2) is 18.5 Å². The van der Waals surface area contributed by atoms with Crippen LogP contribution in [0.15, 0.2) is 42.5 Å². The van der Waals surface area contributed by atoms with E-state index in [0.717, 1.165) is 5.56 Å². The van der Waals surface area contributed by atoms with Gasteiger partial charge in [-0.1, -0.05) is 17.7 Å². The van der Waals surface area contributed by atoms with Crippen molar-refractivity contribution < 1.29 is 19.1 Å². The number of nitrogens with one attached hydrogen (secondary N) is 1. The van der Waals surface area contributed by atoms with Crippen LogP contribution in [0.2, 0.25) is 5.02 Å². The van der Waals surface area contributed by atoms with Gasteiger partial charge < -0.3 is 14.8 Å². The van der Waals surface area contributed by atoms with Gasteiger partial charge in [0.2, 0.25) is 12.7 Å². The number of halogens is 1. The minimum Gasteiger partial charge on any atom is -0.454 e. The molecule has 0 aromatic heterocycles. The van der Waals surface area contributed by atoms with E-state index in [9.17, 15) is 9.59 Å². The summed E-state index contributed by atoms with van der Waals surface area (Å²) < 4.78 is 10.6. The average Bonchev–Trinajstić information content (AvgIpc) is 3.08. The Hall–Kier alpha value is -2.53. The maximum atomic E-state index is 12.1. The third-order valence-electron chi connectivity index (χ3n) is 4.02. The van der Waals surface area contributed by atoms with Crippen molar-refractivity contribution in [1.29, 1.82) is 0 Å². The predicted molar refractivity (Wildman–Crippen MR) is 94.1 cm³/mol. The first-order valence-corrected chi connectivity index (χ1v) is 8.38. The number of fused-ring (bicyclic) bond motifs is 1. The quantitative estimate of drug-likeness (QED) is 0.794. The average molecular weight is 360 g/mol. The Labute approximate surface area is 150 Å². The van der Waals surface area contributed by atoms with E-state index in [2.05, 4.69) is 5.32 Å². The van der Waals surface area contributed by atoms with Crippen LogP contribution in [0.3, 0.4) is 0 Å². The second-order valence-electron chi connectivity index (χ2n) is 5.83. The fourth-order valence-electron chi connectivity index (χ4n) is 2.59. The summed E-state index contributed by atoms with van der Waals surface area (Å²) in [4.78, 5) is 24.2. The van der Waals surface area contributed by atoms with Gasteiger partial charge in [-0.05, 0) is 48.9 Å². The molecule has 0 radical (unpaired) electrons. The number of carbonyl (C=O) groups is 2. The summed E-state index contributed by atoms with van der Waals surface area (Å²) in [6.45, 7) is 2.10. The van der Waals surface area contributed by atoms with Gasteiger partial charge in [-0.2, -0.15) is 0 Å². The minimum atomic E-state index is -0.187. The highest BCUT2D eigenvalue weighted by Crippen LogP contribution is 2.34.